The van der Waals surface area contributed by atoms with Crippen molar-refractivity contribution < 1.29 is 4.52 Å². The maximum atomic E-state index is 5.94. The van der Waals surface area contributed by atoms with Gasteiger partial charge in [-0.25, -0.2) is 0 Å². The first-order valence-electron chi connectivity index (χ1n) is 10.1. The lowest BCUT2D eigenvalue weighted by Crippen LogP contribution is -2.46. The zero-order chi connectivity index (χ0) is 21.3. The highest BCUT2D eigenvalue weighted by atomic mass is 35.5. The van der Waals surface area contributed by atoms with Crippen LogP contribution in [0.2, 0.25) is 5.02 Å². The Balaban J connectivity index is 1.31. The van der Waals surface area contributed by atoms with Gasteiger partial charge in [0.1, 0.15) is 0 Å². The minimum absolute atomic E-state index is 0.00400. The highest BCUT2D eigenvalue weighted by Crippen LogP contribution is 2.20. The molecule has 9 heteroatoms. The summed E-state index contributed by atoms with van der Waals surface area (Å²) in [6, 6.07) is 7.45. The van der Waals surface area contributed by atoms with Gasteiger partial charge in [-0.05, 0) is 57.3 Å². The van der Waals surface area contributed by atoms with Crippen molar-refractivity contribution in [3.8, 4) is 11.4 Å². The lowest BCUT2D eigenvalue weighted by molar-refractivity contribution is 0.0944. The summed E-state index contributed by atoms with van der Waals surface area (Å²) < 4.78 is 10.6. The maximum absolute atomic E-state index is 5.94. The van der Waals surface area contributed by atoms with Crippen LogP contribution < -0.4 is 0 Å². The summed E-state index contributed by atoms with van der Waals surface area (Å²) in [5.74, 6) is 1.23. The third-order valence-corrected chi connectivity index (χ3v) is 6.00. The standard InChI is InChI=1S/C21H27ClN6OS/c1-21(2,3)28-13-12-27(20(28)30)15-26-10-8-25(9-11-26)14-18-23-19(24-29-18)16-4-6-17(22)7-5-16/h4-7,12-13H,8-11,14-15H2,1-3H3. The van der Waals surface area contributed by atoms with Crippen LogP contribution in [0.5, 0.6) is 0 Å². The molecule has 0 saturated carbocycles. The monoisotopic (exact) mass is 446 g/mol. The van der Waals surface area contributed by atoms with E-state index in [0.29, 0.717) is 23.3 Å². The third-order valence-electron chi connectivity index (χ3n) is 5.32. The molecule has 0 N–H and O–H groups in total. The number of rotatable bonds is 5. The number of hydrogen-bond donors (Lipinski definition) is 0. The molecule has 0 spiro atoms. The summed E-state index contributed by atoms with van der Waals surface area (Å²) >= 11 is 11.6. The van der Waals surface area contributed by atoms with E-state index in [0.717, 1.165) is 43.2 Å². The van der Waals surface area contributed by atoms with E-state index >= 15 is 0 Å². The second-order valence-corrected chi connectivity index (χ2v) is 9.45. The van der Waals surface area contributed by atoms with Gasteiger partial charge < -0.3 is 13.7 Å². The van der Waals surface area contributed by atoms with E-state index in [2.05, 4.69) is 62.2 Å². The van der Waals surface area contributed by atoms with E-state index in [-0.39, 0.29) is 5.54 Å². The Morgan fingerprint density at radius 1 is 1.03 bits per heavy atom. The van der Waals surface area contributed by atoms with E-state index < -0.39 is 0 Å². The van der Waals surface area contributed by atoms with E-state index in [1.807, 2.05) is 24.3 Å². The molecular formula is C21H27ClN6OS. The van der Waals surface area contributed by atoms with Gasteiger partial charge in [0.15, 0.2) is 4.77 Å². The van der Waals surface area contributed by atoms with Crippen LogP contribution in [0.25, 0.3) is 11.4 Å². The molecule has 30 heavy (non-hydrogen) atoms. The van der Waals surface area contributed by atoms with E-state index in [9.17, 15) is 0 Å². The number of halogens is 1. The molecule has 1 aromatic carbocycles. The topological polar surface area (TPSA) is 55.3 Å². The first-order valence-corrected chi connectivity index (χ1v) is 10.9. The quantitative estimate of drug-likeness (QED) is 0.546. The second-order valence-electron chi connectivity index (χ2n) is 8.65. The number of aromatic nitrogens is 4. The Morgan fingerprint density at radius 2 is 1.70 bits per heavy atom. The van der Waals surface area contributed by atoms with Crippen molar-refractivity contribution in [3.63, 3.8) is 0 Å². The van der Waals surface area contributed by atoms with Gasteiger partial charge in [-0.3, -0.25) is 9.80 Å². The second kappa shape index (κ2) is 8.63. The summed E-state index contributed by atoms with van der Waals surface area (Å²) in [6.45, 7) is 11.8. The minimum Gasteiger partial charge on any atom is -0.338 e. The summed E-state index contributed by atoms with van der Waals surface area (Å²) in [4.78, 5) is 9.30. The van der Waals surface area contributed by atoms with Gasteiger partial charge >= 0.3 is 0 Å². The Labute approximate surface area is 186 Å². The van der Waals surface area contributed by atoms with Crippen LogP contribution in [0.1, 0.15) is 26.7 Å². The van der Waals surface area contributed by atoms with Gasteiger partial charge in [0.2, 0.25) is 11.7 Å². The fourth-order valence-corrected chi connectivity index (χ4v) is 4.14. The predicted molar refractivity (Wildman–Crippen MR) is 120 cm³/mol. The molecule has 1 aliphatic heterocycles. The number of nitrogens with zero attached hydrogens (tertiary/aromatic N) is 6. The highest BCUT2D eigenvalue weighted by molar-refractivity contribution is 7.71. The Kier molecular flexibility index (Phi) is 6.11. The molecule has 3 heterocycles. The first-order chi connectivity index (χ1) is 14.3. The molecule has 0 bridgehead atoms. The van der Waals surface area contributed by atoms with Crippen molar-refractivity contribution in [3.05, 3.63) is 52.3 Å². The number of benzene rings is 1. The van der Waals surface area contributed by atoms with Crippen LogP contribution in [-0.2, 0) is 18.8 Å². The predicted octanol–water partition coefficient (Wildman–Crippen LogP) is 4.25. The molecule has 4 rings (SSSR count). The van der Waals surface area contributed by atoms with Gasteiger partial charge in [0.05, 0.1) is 13.2 Å². The van der Waals surface area contributed by atoms with Crippen LogP contribution in [0.3, 0.4) is 0 Å². The molecule has 0 aliphatic carbocycles. The molecule has 160 valence electrons. The molecule has 0 atom stereocenters. The molecule has 7 nitrogen and oxygen atoms in total. The van der Waals surface area contributed by atoms with Crippen molar-refractivity contribution in [2.75, 3.05) is 26.2 Å². The normalized spacial score (nSPS) is 16.3. The van der Waals surface area contributed by atoms with Crippen LogP contribution in [0.4, 0.5) is 0 Å². The smallest absolute Gasteiger partial charge is 0.241 e. The van der Waals surface area contributed by atoms with Crippen molar-refractivity contribution in [2.24, 2.45) is 0 Å². The summed E-state index contributed by atoms with van der Waals surface area (Å²) in [5.41, 5.74) is 0.897. The molecule has 0 unspecified atom stereocenters. The van der Waals surface area contributed by atoms with Crippen LogP contribution >= 0.6 is 23.8 Å². The van der Waals surface area contributed by atoms with Gasteiger partial charge in [-0.2, -0.15) is 4.98 Å². The lowest BCUT2D eigenvalue weighted by atomic mass is 10.1. The maximum Gasteiger partial charge on any atom is 0.241 e. The van der Waals surface area contributed by atoms with Gasteiger partial charge in [0.25, 0.3) is 0 Å². The SMILES string of the molecule is CC(C)(C)n1ccn(CN2CCN(Cc3nc(-c4ccc(Cl)cc4)no3)CC2)c1=S. The fraction of sp³-hybridized carbons (Fsp3) is 0.476. The molecule has 2 aromatic heterocycles. The molecule has 1 fully saturated rings. The van der Waals surface area contributed by atoms with Crippen molar-refractivity contribution in [1.82, 2.24) is 29.1 Å². The summed E-state index contributed by atoms with van der Waals surface area (Å²) in [7, 11) is 0. The molecular weight excluding hydrogens is 420 g/mol. The van der Waals surface area contributed by atoms with Crippen LogP contribution in [-0.4, -0.2) is 55.3 Å². The summed E-state index contributed by atoms with van der Waals surface area (Å²) in [6.07, 6.45) is 4.16. The van der Waals surface area contributed by atoms with Crippen molar-refractivity contribution >= 4 is 23.8 Å². The average molecular weight is 447 g/mol. The zero-order valence-corrected chi connectivity index (χ0v) is 19.2. The minimum atomic E-state index is -0.00400. The fourth-order valence-electron chi connectivity index (χ4n) is 3.56. The van der Waals surface area contributed by atoms with Crippen molar-refractivity contribution in [2.45, 2.75) is 39.5 Å². The van der Waals surface area contributed by atoms with Gasteiger partial charge in [-0.1, -0.05) is 16.8 Å². The van der Waals surface area contributed by atoms with Crippen LogP contribution in [0.15, 0.2) is 41.2 Å². The molecule has 3 aromatic rings. The Bertz CT molecular complexity index is 1040. The lowest BCUT2D eigenvalue weighted by Gasteiger charge is -2.34. The number of hydrogen-bond acceptors (Lipinski definition) is 6. The summed E-state index contributed by atoms with van der Waals surface area (Å²) in [5, 5.41) is 4.79. The molecule has 0 amide bonds. The largest absolute Gasteiger partial charge is 0.338 e. The molecule has 0 radical (unpaired) electrons. The highest BCUT2D eigenvalue weighted by Gasteiger charge is 2.21. The Morgan fingerprint density at radius 3 is 2.33 bits per heavy atom. The van der Waals surface area contributed by atoms with E-state index in [4.69, 9.17) is 28.3 Å². The molecule has 1 aliphatic rings. The van der Waals surface area contributed by atoms with Gasteiger partial charge in [-0.15, -0.1) is 0 Å². The van der Waals surface area contributed by atoms with E-state index in [1.54, 1.807) is 0 Å². The first kappa shape index (κ1) is 21.2. The average Bonchev–Trinajstić information content (AvgIpc) is 3.31. The number of imidazole rings is 1. The number of piperazine rings is 1. The van der Waals surface area contributed by atoms with E-state index in [1.165, 1.54) is 0 Å². The molecule has 1 saturated heterocycles. The van der Waals surface area contributed by atoms with Crippen LogP contribution in [0, 0.1) is 4.77 Å². The Hall–Kier alpha value is -2.00. The zero-order valence-electron chi connectivity index (χ0n) is 17.6. The van der Waals surface area contributed by atoms with Gasteiger partial charge in [0, 0.05) is 54.7 Å². The third kappa shape index (κ3) is 4.83. The van der Waals surface area contributed by atoms with Crippen molar-refractivity contribution in [1.29, 1.82) is 0 Å².